The zero-order valence-electron chi connectivity index (χ0n) is 15.0. The van der Waals surface area contributed by atoms with E-state index >= 15 is 0 Å². The number of anilines is 1. The molecule has 2 aromatic rings. The molecule has 0 radical (unpaired) electrons. The van der Waals surface area contributed by atoms with Crippen LogP contribution in [0.1, 0.15) is 10.4 Å². The van der Waals surface area contributed by atoms with Crippen molar-refractivity contribution in [1.29, 1.82) is 0 Å². The zero-order valence-corrected chi connectivity index (χ0v) is 17.2. The maximum Gasteiger partial charge on any atom is 0.270 e. The lowest BCUT2D eigenvalue weighted by Crippen LogP contribution is -2.50. The fraction of sp³-hybridized carbons (Fsp3) is 0.263. The van der Waals surface area contributed by atoms with Crippen molar-refractivity contribution in [2.45, 2.75) is 0 Å². The molecule has 1 saturated heterocycles. The second-order valence-corrected chi connectivity index (χ2v) is 7.57. The fourth-order valence-electron chi connectivity index (χ4n) is 3.00. The Morgan fingerprint density at radius 2 is 1.75 bits per heavy atom. The number of nitrogens with one attached hydrogen (secondary N) is 1. The number of halogens is 1. The largest absolute Gasteiger partial charge is 0.336 e. The first-order chi connectivity index (χ1) is 13.4. The van der Waals surface area contributed by atoms with Crippen molar-refractivity contribution in [3.63, 3.8) is 0 Å². The molecule has 1 fully saturated rings. The number of para-hydroxylation sites is 1. The monoisotopic (exact) mass is 494 g/mol. The standard InChI is InChI=1S/C19H19IN4O4/c20-17-7-6-15(24(27)28)12-16(17)19(26)23-10-8-22(9-11-23)13-18(25)21-14-4-2-1-3-5-14/h1-7,12H,8-11,13H2,(H,21,25). The second kappa shape index (κ2) is 9.11. The van der Waals surface area contributed by atoms with Gasteiger partial charge in [0.25, 0.3) is 11.6 Å². The minimum atomic E-state index is -0.504. The van der Waals surface area contributed by atoms with E-state index in [0.29, 0.717) is 35.3 Å². The zero-order chi connectivity index (χ0) is 20.1. The molecule has 0 aliphatic carbocycles. The van der Waals surface area contributed by atoms with Crippen LogP contribution in [-0.2, 0) is 4.79 Å². The van der Waals surface area contributed by atoms with Gasteiger partial charge in [-0.2, -0.15) is 0 Å². The molecular weight excluding hydrogens is 475 g/mol. The molecular formula is C19H19IN4O4. The van der Waals surface area contributed by atoms with Gasteiger partial charge in [0.15, 0.2) is 0 Å². The van der Waals surface area contributed by atoms with Crippen molar-refractivity contribution >= 4 is 45.8 Å². The van der Waals surface area contributed by atoms with Crippen molar-refractivity contribution in [2.75, 3.05) is 38.0 Å². The fourth-order valence-corrected chi connectivity index (χ4v) is 3.56. The quantitative estimate of drug-likeness (QED) is 0.392. The Morgan fingerprint density at radius 1 is 1.07 bits per heavy atom. The van der Waals surface area contributed by atoms with Crippen LogP contribution in [0.3, 0.4) is 0 Å². The summed E-state index contributed by atoms with van der Waals surface area (Å²) in [6.45, 7) is 2.33. The molecule has 0 unspecified atom stereocenters. The predicted molar refractivity (Wildman–Crippen MR) is 113 cm³/mol. The van der Waals surface area contributed by atoms with Crippen LogP contribution in [0.2, 0.25) is 0 Å². The number of benzene rings is 2. The van der Waals surface area contributed by atoms with Gasteiger partial charge in [-0.05, 0) is 40.8 Å². The average Bonchev–Trinajstić information content (AvgIpc) is 2.69. The summed E-state index contributed by atoms with van der Waals surface area (Å²) in [6, 6.07) is 13.5. The van der Waals surface area contributed by atoms with Gasteiger partial charge < -0.3 is 10.2 Å². The molecule has 1 heterocycles. The number of carbonyl (C=O) groups is 2. The molecule has 2 amide bonds. The van der Waals surface area contributed by atoms with Crippen molar-refractivity contribution in [1.82, 2.24) is 9.80 Å². The Hall–Kier alpha value is -2.53. The molecule has 0 saturated carbocycles. The summed E-state index contributed by atoms with van der Waals surface area (Å²) in [6.07, 6.45) is 0. The Labute approximate surface area is 175 Å². The maximum atomic E-state index is 12.8. The molecule has 146 valence electrons. The van der Waals surface area contributed by atoms with E-state index in [4.69, 9.17) is 0 Å². The van der Waals surface area contributed by atoms with E-state index in [1.54, 1.807) is 11.0 Å². The molecule has 28 heavy (non-hydrogen) atoms. The van der Waals surface area contributed by atoms with Crippen LogP contribution in [0.25, 0.3) is 0 Å². The Bertz CT molecular complexity index is 883. The smallest absolute Gasteiger partial charge is 0.270 e. The highest BCUT2D eigenvalue weighted by atomic mass is 127. The number of hydrogen-bond donors (Lipinski definition) is 1. The molecule has 1 aliphatic rings. The van der Waals surface area contributed by atoms with Gasteiger partial charge in [0.05, 0.1) is 17.0 Å². The lowest BCUT2D eigenvalue weighted by Gasteiger charge is -2.34. The molecule has 0 bridgehead atoms. The van der Waals surface area contributed by atoms with Crippen LogP contribution in [0.4, 0.5) is 11.4 Å². The third kappa shape index (κ3) is 5.04. The maximum absolute atomic E-state index is 12.8. The molecule has 9 heteroatoms. The van der Waals surface area contributed by atoms with E-state index < -0.39 is 4.92 Å². The number of amides is 2. The summed E-state index contributed by atoms with van der Waals surface area (Å²) >= 11 is 2.01. The minimum Gasteiger partial charge on any atom is -0.336 e. The number of carbonyl (C=O) groups excluding carboxylic acids is 2. The molecule has 0 aromatic heterocycles. The van der Waals surface area contributed by atoms with Crippen LogP contribution in [0.15, 0.2) is 48.5 Å². The highest BCUT2D eigenvalue weighted by Crippen LogP contribution is 2.21. The summed E-state index contributed by atoms with van der Waals surface area (Å²) in [7, 11) is 0. The Morgan fingerprint density at radius 3 is 2.39 bits per heavy atom. The number of hydrogen-bond acceptors (Lipinski definition) is 5. The van der Waals surface area contributed by atoms with E-state index in [1.807, 2.05) is 57.8 Å². The minimum absolute atomic E-state index is 0.0972. The topological polar surface area (TPSA) is 95.8 Å². The van der Waals surface area contributed by atoms with E-state index in [-0.39, 0.29) is 24.0 Å². The molecule has 1 N–H and O–H groups in total. The number of non-ortho nitro benzene ring substituents is 1. The van der Waals surface area contributed by atoms with Crippen molar-refractivity contribution in [2.24, 2.45) is 0 Å². The summed E-state index contributed by atoms with van der Waals surface area (Å²) < 4.78 is 0.679. The third-order valence-corrected chi connectivity index (χ3v) is 5.42. The predicted octanol–water partition coefficient (Wildman–Crippen LogP) is 2.60. The Balaban J connectivity index is 1.55. The number of nitro groups is 1. The molecule has 0 atom stereocenters. The van der Waals surface area contributed by atoms with E-state index in [1.165, 1.54) is 12.1 Å². The van der Waals surface area contributed by atoms with Gasteiger partial charge in [0.2, 0.25) is 5.91 Å². The van der Waals surface area contributed by atoms with Gasteiger partial charge in [-0.15, -0.1) is 0 Å². The van der Waals surface area contributed by atoms with Crippen molar-refractivity contribution in [3.8, 4) is 0 Å². The van der Waals surface area contributed by atoms with Gasteiger partial charge >= 0.3 is 0 Å². The van der Waals surface area contributed by atoms with Crippen molar-refractivity contribution < 1.29 is 14.5 Å². The second-order valence-electron chi connectivity index (χ2n) is 6.40. The summed E-state index contributed by atoms with van der Waals surface area (Å²) in [5.41, 5.74) is 0.992. The number of piperazine rings is 1. The van der Waals surface area contributed by atoms with E-state index in [9.17, 15) is 19.7 Å². The third-order valence-electron chi connectivity index (χ3n) is 4.48. The van der Waals surface area contributed by atoms with Crippen LogP contribution >= 0.6 is 22.6 Å². The highest BCUT2D eigenvalue weighted by molar-refractivity contribution is 14.1. The number of rotatable bonds is 5. The van der Waals surface area contributed by atoms with Gasteiger partial charge in [-0.1, -0.05) is 18.2 Å². The van der Waals surface area contributed by atoms with E-state index in [2.05, 4.69) is 5.32 Å². The molecule has 8 nitrogen and oxygen atoms in total. The average molecular weight is 494 g/mol. The van der Waals surface area contributed by atoms with Crippen LogP contribution in [0.5, 0.6) is 0 Å². The normalized spacial score (nSPS) is 14.5. The first-order valence-electron chi connectivity index (χ1n) is 8.74. The van der Waals surface area contributed by atoms with Gasteiger partial charge in [0.1, 0.15) is 0 Å². The molecule has 3 rings (SSSR count). The lowest BCUT2D eigenvalue weighted by atomic mass is 10.1. The van der Waals surface area contributed by atoms with Crippen molar-refractivity contribution in [3.05, 3.63) is 67.8 Å². The molecule has 0 spiro atoms. The number of nitro benzene ring substituents is 1. The van der Waals surface area contributed by atoms with Crippen LogP contribution in [0, 0.1) is 13.7 Å². The lowest BCUT2D eigenvalue weighted by molar-refractivity contribution is -0.384. The molecule has 1 aliphatic heterocycles. The SMILES string of the molecule is O=C(CN1CCN(C(=O)c2cc([N+](=O)[O-])ccc2I)CC1)Nc1ccccc1. The van der Waals surface area contributed by atoms with Gasteiger partial charge in [0, 0.05) is 47.6 Å². The first-order valence-corrected chi connectivity index (χ1v) is 9.82. The number of nitrogens with zero attached hydrogens (tertiary/aromatic N) is 3. The van der Waals surface area contributed by atoms with Crippen LogP contribution < -0.4 is 5.32 Å². The summed E-state index contributed by atoms with van der Waals surface area (Å²) in [5.74, 6) is -0.319. The summed E-state index contributed by atoms with van der Waals surface area (Å²) in [5, 5.41) is 13.8. The van der Waals surface area contributed by atoms with Gasteiger partial charge in [-0.25, -0.2) is 0 Å². The van der Waals surface area contributed by atoms with Gasteiger partial charge in [-0.3, -0.25) is 24.6 Å². The van der Waals surface area contributed by atoms with E-state index in [0.717, 1.165) is 5.69 Å². The molecule has 2 aromatic carbocycles. The Kier molecular flexibility index (Phi) is 6.57. The highest BCUT2D eigenvalue weighted by Gasteiger charge is 2.25. The first kappa shape index (κ1) is 20.2. The summed E-state index contributed by atoms with van der Waals surface area (Å²) in [4.78, 5) is 39.1. The van der Waals surface area contributed by atoms with Crippen LogP contribution in [-0.4, -0.2) is 59.3 Å².